The summed E-state index contributed by atoms with van der Waals surface area (Å²) < 4.78 is 0. The SMILES string of the molecule is NC(=O)CN1CCC(NC(=O)CCc2cccs2)CC1. The fourth-order valence-corrected chi connectivity index (χ4v) is 3.16. The first-order valence-electron chi connectivity index (χ1n) is 6.96. The monoisotopic (exact) mass is 295 g/mol. The molecule has 6 heteroatoms. The summed E-state index contributed by atoms with van der Waals surface area (Å²) in [5.74, 6) is -0.171. The van der Waals surface area contributed by atoms with Crippen molar-refractivity contribution in [3.63, 3.8) is 0 Å². The molecule has 1 saturated heterocycles. The average Bonchev–Trinajstić information content (AvgIpc) is 2.91. The number of hydrogen-bond acceptors (Lipinski definition) is 4. The molecule has 3 N–H and O–H groups in total. The standard InChI is InChI=1S/C14H21N3O2S/c15-13(18)10-17-7-5-11(6-8-17)16-14(19)4-3-12-2-1-9-20-12/h1-2,9,11H,3-8,10H2,(H2,15,18)(H,16,19). The summed E-state index contributed by atoms with van der Waals surface area (Å²) in [5.41, 5.74) is 5.18. The Morgan fingerprint density at radius 3 is 2.75 bits per heavy atom. The molecule has 20 heavy (non-hydrogen) atoms. The molecule has 1 fully saturated rings. The highest BCUT2D eigenvalue weighted by Crippen LogP contribution is 2.12. The molecule has 1 aromatic rings. The molecule has 110 valence electrons. The first-order chi connectivity index (χ1) is 9.63. The van der Waals surface area contributed by atoms with Gasteiger partial charge in [0, 0.05) is 30.4 Å². The van der Waals surface area contributed by atoms with Gasteiger partial charge in [0.15, 0.2) is 0 Å². The second-order valence-corrected chi connectivity index (χ2v) is 6.20. The van der Waals surface area contributed by atoms with E-state index in [4.69, 9.17) is 5.73 Å². The number of nitrogens with two attached hydrogens (primary N) is 1. The number of rotatable bonds is 6. The van der Waals surface area contributed by atoms with Crippen LogP contribution >= 0.6 is 11.3 Å². The lowest BCUT2D eigenvalue weighted by Crippen LogP contribution is -2.46. The lowest BCUT2D eigenvalue weighted by Gasteiger charge is -2.31. The van der Waals surface area contributed by atoms with Gasteiger partial charge in [-0.3, -0.25) is 14.5 Å². The number of aryl methyl sites for hydroxylation is 1. The Morgan fingerprint density at radius 2 is 2.15 bits per heavy atom. The lowest BCUT2D eigenvalue weighted by molar-refractivity contribution is -0.123. The van der Waals surface area contributed by atoms with Gasteiger partial charge in [0.2, 0.25) is 11.8 Å². The number of carbonyl (C=O) groups is 2. The molecule has 0 unspecified atom stereocenters. The Morgan fingerprint density at radius 1 is 1.40 bits per heavy atom. The number of nitrogens with zero attached hydrogens (tertiary/aromatic N) is 1. The van der Waals surface area contributed by atoms with Crippen LogP contribution < -0.4 is 11.1 Å². The van der Waals surface area contributed by atoms with Gasteiger partial charge in [0.25, 0.3) is 0 Å². The second-order valence-electron chi connectivity index (χ2n) is 5.16. The van der Waals surface area contributed by atoms with Crippen LogP contribution in [0.15, 0.2) is 17.5 Å². The molecule has 1 aliphatic rings. The maximum atomic E-state index is 11.9. The summed E-state index contributed by atoms with van der Waals surface area (Å²) in [4.78, 5) is 26.0. The number of primary amides is 1. The third-order valence-corrected chi connectivity index (χ3v) is 4.45. The van der Waals surface area contributed by atoms with Crippen LogP contribution in [-0.2, 0) is 16.0 Å². The zero-order valence-corrected chi connectivity index (χ0v) is 12.3. The molecule has 1 aromatic heterocycles. The van der Waals surface area contributed by atoms with Crippen molar-refractivity contribution in [2.45, 2.75) is 31.7 Å². The Bertz CT molecular complexity index is 439. The van der Waals surface area contributed by atoms with Gasteiger partial charge in [0.05, 0.1) is 6.54 Å². The van der Waals surface area contributed by atoms with E-state index < -0.39 is 0 Å². The summed E-state index contributed by atoms with van der Waals surface area (Å²) in [6, 6.07) is 4.29. The van der Waals surface area contributed by atoms with Gasteiger partial charge in [-0.2, -0.15) is 0 Å². The van der Waals surface area contributed by atoms with Crippen LogP contribution in [0.2, 0.25) is 0 Å². The van der Waals surface area contributed by atoms with Crippen LogP contribution in [0.1, 0.15) is 24.1 Å². The predicted molar refractivity (Wildman–Crippen MR) is 79.4 cm³/mol. The fourth-order valence-electron chi connectivity index (χ4n) is 2.45. The van der Waals surface area contributed by atoms with Gasteiger partial charge in [-0.25, -0.2) is 0 Å². The number of hydrogen-bond donors (Lipinski definition) is 2. The van der Waals surface area contributed by atoms with Crippen LogP contribution in [0.3, 0.4) is 0 Å². The molecule has 1 aliphatic heterocycles. The van der Waals surface area contributed by atoms with Gasteiger partial charge in [-0.15, -0.1) is 11.3 Å². The van der Waals surface area contributed by atoms with Gasteiger partial charge in [0.1, 0.15) is 0 Å². The number of carbonyl (C=O) groups excluding carboxylic acids is 2. The molecule has 0 atom stereocenters. The normalized spacial score (nSPS) is 17.0. The van der Waals surface area contributed by atoms with Gasteiger partial charge in [-0.1, -0.05) is 6.07 Å². The second kappa shape index (κ2) is 7.40. The van der Waals surface area contributed by atoms with Crippen molar-refractivity contribution in [3.05, 3.63) is 22.4 Å². The Hall–Kier alpha value is -1.40. The van der Waals surface area contributed by atoms with Crippen LogP contribution in [0, 0.1) is 0 Å². The molecule has 5 nitrogen and oxygen atoms in total. The smallest absolute Gasteiger partial charge is 0.231 e. The minimum atomic E-state index is -0.288. The molecule has 0 saturated carbocycles. The van der Waals surface area contributed by atoms with Crippen molar-refractivity contribution >= 4 is 23.2 Å². The molecule has 0 radical (unpaired) electrons. The van der Waals surface area contributed by atoms with Crippen molar-refractivity contribution in [2.75, 3.05) is 19.6 Å². The van der Waals surface area contributed by atoms with E-state index in [9.17, 15) is 9.59 Å². The topological polar surface area (TPSA) is 75.4 Å². The Kier molecular flexibility index (Phi) is 5.55. The summed E-state index contributed by atoms with van der Waals surface area (Å²) in [6.07, 6.45) is 3.13. The zero-order chi connectivity index (χ0) is 14.4. The quantitative estimate of drug-likeness (QED) is 0.813. The summed E-state index contributed by atoms with van der Waals surface area (Å²) >= 11 is 1.69. The molecule has 0 aliphatic carbocycles. The first-order valence-corrected chi connectivity index (χ1v) is 7.84. The van der Waals surface area contributed by atoms with E-state index in [1.807, 2.05) is 16.3 Å². The summed E-state index contributed by atoms with van der Waals surface area (Å²) in [5, 5.41) is 5.11. The van der Waals surface area contributed by atoms with Crippen molar-refractivity contribution < 1.29 is 9.59 Å². The minimum absolute atomic E-state index is 0.117. The number of amides is 2. The maximum Gasteiger partial charge on any atom is 0.231 e. The van der Waals surface area contributed by atoms with Crippen molar-refractivity contribution in [1.82, 2.24) is 10.2 Å². The van der Waals surface area contributed by atoms with Gasteiger partial charge in [-0.05, 0) is 30.7 Å². The summed E-state index contributed by atoms with van der Waals surface area (Å²) in [6.45, 7) is 1.96. The van der Waals surface area contributed by atoms with Crippen LogP contribution in [-0.4, -0.2) is 42.4 Å². The maximum absolute atomic E-state index is 11.9. The van der Waals surface area contributed by atoms with Crippen molar-refractivity contribution in [1.29, 1.82) is 0 Å². The molecular weight excluding hydrogens is 274 g/mol. The van der Waals surface area contributed by atoms with E-state index in [-0.39, 0.29) is 17.9 Å². The number of nitrogens with one attached hydrogen (secondary N) is 1. The van der Waals surface area contributed by atoms with Gasteiger partial charge >= 0.3 is 0 Å². The van der Waals surface area contributed by atoms with E-state index in [1.165, 1.54) is 4.88 Å². The number of piperidine rings is 1. The Labute approximate surface area is 123 Å². The molecule has 2 heterocycles. The van der Waals surface area contributed by atoms with Crippen LogP contribution in [0.25, 0.3) is 0 Å². The fraction of sp³-hybridized carbons (Fsp3) is 0.571. The van der Waals surface area contributed by atoms with Crippen LogP contribution in [0.5, 0.6) is 0 Å². The molecule has 0 aromatic carbocycles. The van der Waals surface area contributed by atoms with E-state index in [2.05, 4.69) is 11.4 Å². The largest absolute Gasteiger partial charge is 0.369 e. The zero-order valence-electron chi connectivity index (χ0n) is 11.5. The lowest BCUT2D eigenvalue weighted by atomic mass is 10.0. The average molecular weight is 295 g/mol. The molecule has 2 amide bonds. The predicted octanol–water partition coefficient (Wildman–Crippen LogP) is 0.747. The van der Waals surface area contributed by atoms with E-state index >= 15 is 0 Å². The molecule has 0 spiro atoms. The van der Waals surface area contributed by atoms with E-state index in [1.54, 1.807) is 11.3 Å². The number of thiophene rings is 1. The number of likely N-dealkylation sites (tertiary alicyclic amines) is 1. The highest BCUT2D eigenvalue weighted by atomic mass is 32.1. The highest BCUT2D eigenvalue weighted by Gasteiger charge is 2.21. The molecule has 2 rings (SSSR count). The third-order valence-electron chi connectivity index (χ3n) is 3.51. The molecule has 0 bridgehead atoms. The van der Waals surface area contributed by atoms with Crippen molar-refractivity contribution in [3.8, 4) is 0 Å². The van der Waals surface area contributed by atoms with Crippen LogP contribution in [0.4, 0.5) is 0 Å². The molecular formula is C14H21N3O2S. The van der Waals surface area contributed by atoms with Crippen molar-refractivity contribution in [2.24, 2.45) is 5.73 Å². The third kappa shape index (κ3) is 4.94. The van der Waals surface area contributed by atoms with E-state index in [0.717, 1.165) is 32.4 Å². The highest BCUT2D eigenvalue weighted by molar-refractivity contribution is 7.09. The van der Waals surface area contributed by atoms with E-state index in [0.29, 0.717) is 13.0 Å². The Balaban J connectivity index is 1.64. The first kappa shape index (κ1) is 15.0. The summed E-state index contributed by atoms with van der Waals surface area (Å²) in [7, 11) is 0. The van der Waals surface area contributed by atoms with Gasteiger partial charge < -0.3 is 11.1 Å². The minimum Gasteiger partial charge on any atom is -0.369 e.